The van der Waals surface area contributed by atoms with Crippen molar-refractivity contribution in [2.45, 2.75) is 0 Å². The standard InChI is InChI=1S/C12H8N4O/c17-9-5-3-8(4-6-9)11-14-10-2-1-7-13-12(10)16-15-11/h1-7,17H. The van der Waals surface area contributed by atoms with E-state index in [-0.39, 0.29) is 5.75 Å². The van der Waals surface area contributed by atoms with Gasteiger partial charge in [0.15, 0.2) is 11.5 Å². The average molecular weight is 224 g/mol. The predicted molar refractivity (Wildman–Crippen MR) is 62.2 cm³/mol. The summed E-state index contributed by atoms with van der Waals surface area (Å²) in [7, 11) is 0. The van der Waals surface area contributed by atoms with Gasteiger partial charge in [-0.05, 0) is 36.4 Å². The molecule has 82 valence electrons. The van der Waals surface area contributed by atoms with Crippen LogP contribution < -0.4 is 0 Å². The van der Waals surface area contributed by atoms with E-state index in [4.69, 9.17) is 0 Å². The van der Waals surface area contributed by atoms with Crippen LogP contribution in [-0.2, 0) is 0 Å². The summed E-state index contributed by atoms with van der Waals surface area (Å²) in [5, 5.41) is 17.2. The minimum absolute atomic E-state index is 0.212. The number of phenolic OH excluding ortho intramolecular Hbond substituents is 1. The molecule has 3 rings (SSSR count). The second-order valence-electron chi connectivity index (χ2n) is 3.53. The topological polar surface area (TPSA) is 71.8 Å². The highest BCUT2D eigenvalue weighted by Gasteiger charge is 2.04. The summed E-state index contributed by atoms with van der Waals surface area (Å²) in [6.07, 6.45) is 1.65. The average Bonchev–Trinajstić information content (AvgIpc) is 2.39. The number of rotatable bonds is 1. The normalized spacial score (nSPS) is 10.6. The third kappa shape index (κ3) is 1.78. The van der Waals surface area contributed by atoms with Gasteiger partial charge in [-0.1, -0.05) is 0 Å². The summed E-state index contributed by atoms with van der Waals surface area (Å²) < 4.78 is 0. The van der Waals surface area contributed by atoms with Crippen molar-refractivity contribution in [1.82, 2.24) is 20.2 Å². The minimum atomic E-state index is 0.212. The molecule has 0 spiro atoms. The van der Waals surface area contributed by atoms with Gasteiger partial charge in [-0.15, -0.1) is 10.2 Å². The van der Waals surface area contributed by atoms with Gasteiger partial charge in [-0.25, -0.2) is 9.97 Å². The van der Waals surface area contributed by atoms with Gasteiger partial charge in [0, 0.05) is 11.8 Å². The van der Waals surface area contributed by atoms with Crippen molar-refractivity contribution in [3.8, 4) is 17.1 Å². The Morgan fingerprint density at radius 2 is 1.76 bits per heavy atom. The molecule has 0 radical (unpaired) electrons. The number of benzene rings is 1. The van der Waals surface area contributed by atoms with Crippen LogP contribution in [0.1, 0.15) is 0 Å². The van der Waals surface area contributed by atoms with Gasteiger partial charge in [0.2, 0.25) is 0 Å². The Labute approximate surface area is 96.8 Å². The van der Waals surface area contributed by atoms with E-state index < -0.39 is 0 Å². The van der Waals surface area contributed by atoms with Crippen LogP contribution in [0.15, 0.2) is 42.6 Å². The lowest BCUT2D eigenvalue weighted by molar-refractivity contribution is 0.475. The fraction of sp³-hybridized carbons (Fsp3) is 0. The molecule has 0 bridgehead atoms. The molecule has 3 aromatic rings. The first-order chi connectivity index (χ1) is 8.33. The van der Waals surface area contributed by atoms with E-state index in [9.17, 15) is 5.11 Å². The Kier molecular flexibility index (Phi) is 2.15. The Hall–Kier alpha value is -2.56. The van der Waals surface area contributed by atoms with Crippen molar-refractivity contribution in [1.29, 1.82) is 0 Å². The van der Waals surface area contributed by atoms with Gasteiger partial charge < -0.3 is 5.11 Å². The molecule has 17 heavy (non-hydrogen) atoms. The van der Waals surface area contributed by atoms with Crippen molar-refractivity contribution in [2.24, 2.45) is 0 Å². The molecule has 0 aliphatic carbocycles. The van der Waals surface area contributed by atoms with Crippen molar-refractivity contribution < 1.29 is 5.11 Å². The van der Waals surface area contributed by atoms with Crippen LogP contribution in [0.4, 0.5) is 0 Å². The quantitative estimate of drug-likeness (QED) is 0.682. The summed E-state index contributed by atoms with van der Waals surface area (Å²) >= 11 is 0. The van der Waals surface area contributed by atoms with Gasteiger partial charge in [0.25, 0.3) is 0 Å². The second-order valence-corrected chi connectivity index (χ2v) is 3.53. The molecular formula is C12H8N4O. The van der Waals surface area contributed by atoms with Crippen LogP contribution in [0.25, 0.3) is 22.6 Å². The van der Waals surface area contributed by atoms with Crippen molar-refractivity contribution >= 4 is 11.2 Å². The largest absolute Gasteiger partial charge is 0.508 e. The highest BCUT2D eigenvalue weighted by atomic mass is 16.3. The van der Waals surface area contributed by atoms with Crippen molar-refractivity contribution in [3.05, 3.63) is 42.6 Å². The number of aromatic nitrogens is 4. The Bertz CT molecular complexity index is 667. The fourth-order valence-corrected chi connectivity index (χ4v) is 1.52. The van der Waals surface area contributed by atoms with E-state index in [1.165, 1.54) is 0 Å². The maximum atomic E-state index is 9.21. The Balaban J connectivity index is 2.14. The maximum absolute atomic E-state index is 9.21. The van der Waals surface area contributed by atoms with E-state index in [0.29, 0.717) is 17.0 Å². The summed E-state index contributed by atoms with van der Waals surface area (Å²) in [5.74, 6) is 0.731. The van der Waals surface area contributed by atoms with E-state index in [0.717, 1.165) is 5.56 Å². The van der Waals surface area contributed by atoms with Crippen LogP contribution in [0.3, 0.4) is 0 Å². The van der Waals surface area contributed by atoms with Crippen LogP contribution in [0.5, 0.6) is 5.75 Å². The third-order valence-corrected chi connectivity index (χ3v) is 2.36. The Morgan fingerprint density at radius 1 is 0.941 bits per heavy atom. The molecule has 0 unspecified atom stereocenters. The molecule has 1 N–H and O–H groups in total. The van der Waals surface area contributed by atoms with Crippen LogP contribution in [-0.4, -0.2) is 25.3 Å². The zero-order chi connectivity index (χ0) is 11.7. The van der Waals surface area contributed by atoms with Crippen LogP contribution in [0.2, 0.25) is 0 Å². The smallest absolute Gasteiger partial charge is 0.200 e. The molecule has 0 fully saturated rings. The molecule has 5 nitrogen and oxygen atoms in total. The van der Waals surface area contributed by atoms with E-state index in [1.54, 1.807) is 36.5 Å². The zero-order valence-electron chi connectivity index (χ0n) is 8.78. The lowest BCUT2D eigenvalue weighted by Crippen LogP contribution is -1.95. The summed E-state index contributed by atoms with van der Waals surface area (Å²) in [4.78, 5) is 8.41. The van der Waals surface area contributed by atoms with Gasteiger partial charge in [0.1, 0.15) is 11.3 Å². The van der Waals surface area contributed by atoms with E-state index >= 15 is 0 Å². The molecule has 0 aliphatic rings. The SMILES string of the molecule is Oc1ccc(-c2nnc3ncccc3n2)cc1. The summed E-state index contributed by atoms with van der Waals surface area (Å²) in [6, 6.07) is 10.3. The molecule has 0 amide bonds. The molecule has 0 saturated heterocycles. The number of pyridine rings is 1. The number of aromatic hydroxyl groups is 1. The molecule has 2 heterocycles. The van der Waals surface area contributed by atoms with E-state index in [1.807, 2.05) is 6.07 Å². The van der Waals surface area contributed by atoms with Crippen LogP contribution in [0, 0.1) is 0 Å². The lowest BCUT2D eigenvalue weighted by atomic mass is 10.2. The molecule has 0 atom stereocenters. The molecule has 0 aliphatic heterocycles. The highest BCUT2D eigenvalue weighted by Crippen LogP contribution is 2.18. The first kappa shape index (κ1) is 9.65. The second kappa shape index (κ2) is 3.79. The number of phenols is 1. The first-order valence-electron chi connectivity index (χ1n) is 5.08. The van der Waals surface area contributed by atoms with Gasteiger partial charge in [-0.2, -0.15) is 0 Å². The fourth-order valence-electron chi connectivity index (χ4n) is 1.52. The van der Waals surface area contributed by atoms with Gasteiger partial charge in [0.05, 0.1) is 0 Å². The van der Waals surface area contributed by atoms with Crippen molar-refractivity contribution in [2.75, 3.05) is 0 Å². The minimum Gasteiger partial charge on any atom is -0.508 e. The number of fused-ring (bicyclic) bond motifs is 1. The summed E-state index contributed by atoms with van der Waals surface area (Å²) in [6.45, 7) is 0. The molecule has 2 aromatic heterocycles. The molecule has 0 saturated carbocycles. The number of hydrogen-bond acceptors (Lipinski definition) is 5. The Morgan fingerprint density at radius 3 is 2.59 bits per heavy atom. The molecule has 5 heteroatoms. The van der Waals surface area contributed by atoms with Crippen LogP contribution >= 0.6 is 0 Å². The third-order valence-electron chi connectivity index (χ3n) is 2.36. The molecule has 1 aromatic carbocycles. The van der Waals surface area contributed by atoms with Crippen molar-refractivity contribution in [3.63, 3.8) is 0 Å². The van der Waals surface area contributed by atoms with E-state index in [2.05, 4.69) is 20.2 Å². The predicted octanol–water partition coefficient (Wildman–Crippen LogP) is 1.79. The first-order valence-corrected chi connectivity index (χ1v) is 5.08. The maximum Gasteiger partial charge on any atom is 0.200 e. The lowest BCUT2D eigenvalue weighted by Gasteiger charge is -2.00. The summed E-state index contributed by atoms with van der Waals surface area (Å²) in [5.41, 5.74) is 2.03. The zero-order valence-corrected chi connectivity index (χ0v) is 8.78. The molecular weight excluding hydrogens is 216 g/mol. The van der Waals surface area contributed by atoms with Gasteiger partial charge in [-0.3, -0.25) is 0 Å². The van der Waals surface area contributed by atoms with Gasteiger partial charge >= 0.3 is 0 Å². The highest BCUT2D eigenvalue weighted by molar-refractivity contribution is 5.71. The number of nitrogens with zero attached hydrogens (tertiary/aromatic N) is 4. The number of hydrogen-bond donors (Lipinski definition) is 1. The monoisotopic (exact) mass is 224 g/mol.